The van der Waals surface area contributed by atoms with Crippen LogP contribution in [0.15, 0.2) is 30.3 Å². The Kier molecular flexibility index (Phi) is 9.68. The number of nitrogens with one attached hydrogen (secondary N) is 3. The number of hydrogen-bond acceptors (Lipinski definition) is 4. The second-order valence-electron chi connectivity index (χ2n) is 8.99. The van der Waals surface area contributed by atoms with Crippen LogP contribution in [0.25, 0.3) is 0 Å². The molecule has 0 bridgehead atoms. The van der Waals surface area contributed by atoms with E-state index in [-0.39, 0.29) is 42.6 Å². The minimum atomic E-state index is -0.791. The zero-order valence-electron chi connectivity index (χ0n) is 19.5. The Morgan fingerprint density at radius 2 is 1.69 bits per heavy atom. The van der Waals surface area contributed by atoms with Gasteiger partial charge in [0.25, 0.3) is 0 Å². The van der Waals surface area contributed by atoms with Crippen molar-refractivity contribution in [1.29, 1.82) is 0 Å². The van der Waals surface area contributed by atoms with Gasteiger partial charge in [-0.2, -0.15) is 0 Å². The highest BCUT2D eigenvalue weighted by atomic mass is 16.2. The van der Waals surface area contributed by atoms with Gasteiger partial charge in [-0.05, 0) is 37.7 Å². The fraction of sp³-hybridized carbons (Fsp3) is 0.583. The number of hydrogen-bond donors (Lipinski definition) is 3. The van der Waals surface area contributed by atoms with E-state index in [0.717, 1.165) is 5.56 Å². The Morgan fingerprint density at radius 3 is 2.34 bits per heavy atom. The molecule has 3 atom stereocenters. The Bertz CT molecular complexity index is 796. The van der Waals surface area contributed by atoms with Crippen LogP contribution in [-0.4, -0.2) is 53.7 Å². The minimum absolute atomic E-state index is 0.0967. The fourth-order valence-electron chi connectivity index (χ4n) is 3.64. The highest BCUT2D eigenvalue weighted by Gasteiger charge is 2.30. The molecule has 1 aliphatic rings. The summed E-state index contributed by atoms with van der Waals surface area (Å²) in [7, 11) is 0. The quantitative estimate of drug-likeness (QED) is 0.656. The second-order valence-corrected chi connectivity index (χ2v) is 8.99. The lowest BCUT2D eigenvalue weighted by molar-refractivity contribution is -0.140. The number of benzene rings is 1. The topological polar surface area (TPSA) is 108 Å². The molecule has 1 aromatic rings. The van der Waals surface area contributed by atoms with Gasteiger partial charge in [0.2, 0.25) is 23.6 Å². The zero-order valence-corrected chi connectivity index (χ0v) is 19.5. The summed E-state index contributed by atoms with van der Waals surface area (Å²) in [5.74, 6) is -1.34. The molecule has 0 saturated carbocycles. The van der Waals surface area contributed by atoms with Crippen molar-refractivity contribution in [2.24, 2.45) is 11.8 Å². The Labute approximate surface area is 190 Å². The van der Waals surface area contributed by atoms with Crippen LogP contribution in [0.3, 0.4) is 0 Å². The van der Waals surface area contributed by atoms with E-state index in [1.54, 1.807) is 13.8 Å². The van der Waals surface area contributed by atoms with Crippen LogP contribution >= 0.6 is 0 Å². The summed E-state index contributed by atoms with van der Waals surface area (Å²) in [5.41, 5.74) is 0.899. The van der Waals surface area contributed by atoms with Gasteiger partial charge in [-0.3, -0.25) is 19.2 Å². The maximum absolute atomic E-state index is 13.5. The summed E-state index contributed by atoms with van der Waals surface area (Å²) in [5, 5.41) is 8.39. The molecule has 0 unspecified atom stereocenters. The molecule has 1 heterocycles. The summed E-state index contributed by atoms with van der Waals surface area (Å²) in [6.45, 7) is 7.94. The van der Waals surface area contributed by atoms with E-state index in [9.17, 15) is 19.2 Å². The molecule has 2 rings (SSSR count). The predicted molar refractivity (Wildman–Crippen MR) is 122 cm³/mol. The summed E-state index contributed by atoms with van der Waals surface area (Å²) in [6, 6.07) is 7.90. The first-order chi connectivity index (χ1) is 15.2. The van der Waals surface area contributed by atoms with Crippen LogP contribution in [0.1, 0.15) is 52.5 Å². The van der Waals surface area contributed by atoms with Gasteiger partial charge in [0, 0.05) is 19.0 Å². The summed E-state index contributed by atoms with van der Waals surface area (Å²) in [4.78, 5) is 52.7. The zero-order chi connectivity index (χ0) is 23.7. The highest BCUT2D eigenvalue weighted by molar-refractivity contribution is 5.93. The first kappa shape index (κ1) is 25.4. The van der Waals surface area contributed by atoms with Crippen LogP contribution < -0.4 is 16.0 Å². The molecule has 1 saturated heterocycles. The smallest absolute Gasteiger partial charge is 0.245 e. The van der Waals surface area contributed by atoms with Gasteiger partial charge in [0.1, 0.15) is 12.1 Å². The molecule has 8 heteroatoms. The number of carbonyl (C=O) groups excluding carboxylic acids is 4. The van der Waals surface area contributed by atoms with Crippen molar-refractivity contribution in [2.75, 3.05) is 13.1 Å². The Hall–Kier alpha value is -2.90. The SMILES string of the molecule is CC(C)C[C@@H]1NC(=O)[C@H](C)NC(=O)[C@@H](C)CCCNC(=O)CN(Cc2ccccc2)C1=O. The van der Waals surface area contributed by atoms with Gasteiger partial charge in [0.05, 0.1) is 6.54 Å². The molecule has 1 aliphatic heterocycles. The van der Waals surface area contributed by atoms with Gasteiger partial charge in [-0.25, -0.2) is 0 Å². The van der Waals surface area contributed by atoms with E-state index >= 15 is 0 Å². The molecule has 0 spiro atoms. The Balaban J connectivity index is 2.31. The van der Waals surface area contributed by atoms with Gasteiger partial charge in [-0.15, -0.1) is 0 Å². The summed E-state index contributed by atoms with van der Waals surface area (Å²) < 4.78 is 0. The molecular formula is C24H36N4O4. The van der Waals surface area contributed by atoms with E-state index in [0.29, 0.717) is 25.8 Å². The third-order valence-corrected chi connectivity index (χ3v) is 5.52. The van der Waals surface area contributed by atoms with E-state index < -0.39 is 18.0 Å². The maximum atomic E-state index is 13.5. The molecule has 176 valence electrons. The van der Waals surface area contributed by atoms with Crippen LogP contribution in [0.5, 0.6) is 0 Å². The van der Waals surface area contributed by atoms with Crippen molar-refractivity contribution >= 4 is 23.6 Å². The van der Waals surface area contributed by atoms with Crippen LogP contribution in [0.2, 0.25) is 0 Å². The van der Waals surface area contributed by atoms with Gasteiger partial charge < -0.3 is 20.9 Å². The van der Waals surface area contributed by atoms with Crippen molar-refractivity contribution in [3.05, 3.63) is 35.9 Å². The second kappa shape index (κ2) is 12.2. The minimum Gasteiger partial charge on any atom is -0.355 e. The third kappa shape index (κ3) is 7.98. The van der Waals surface area contributed by atoms with Crippen LogP contribution in [0.4, 0.5) is 0 Å². The van der Waals surface area contributed by atoms with Crippen molar-refractivity contribution in [3.8, 4) is 0 Å². The molecule has 1 aromatic carbocycles. The lowest BCUT2D eigenvalue weighted by Gasteiger charge is -2.29. The monoisotopic (exact) mass is 444 g/mol. The Morgan fingerprint density at radius 1 is 1.00 bits per heavy atom. The van der Waals surface area contributed by atoms with E-state index in [2.05, 4.69) is 16.0 Å². The highest BCUT2D eigenvalue weighted by Crippen LogP contribution is 2.13. The van der Waals surface area contributed by atoms with Gasteiger partial charge in [0.15, 0.2) is 0 Å². The van der Waals surface area contributed by atoms with Crippen LogP contribution in [0, 0.1) is 11.8 Å². The van der Waals surface area contributed by atoms with Crippen molar-refractivity contribution in [3.63, 3.8) is 0 Å². The van der Waals surface area contributed by atoms with Crippen molar-refractivity contribution < 1.29 is 19.2 Å². The molecular weight excluding hydrogens is 408 g/mol. The summed E-state index contributed by atoms with van der Waals surface area (Å²) in [6.07, 6.45) is 1.64. The van der Waals surface area contributed by atoms with E-state index in [1.807, 2.05) is 44.2 Å². The molecule has 1 fully saturated rings. The van der Waals surface area contributed by atoms with Crippen molar-refractivity contribution in [1.82, 2.24) is 20.9 Å². The van der Waals surface area contributed by atoms with E-state index in [1.165, 1.54) is 4.90 Å². The number of carbonyl (C=O) groups is 4. The number of nitrogens with zero attached hydrogens (tertiary/aromatic N) is 1. The molecule has 0 radical (unpaired) electrons. The van der Waals surface area contributed by atoms with Crippen molar-refractivity contribution in [2.45, 2.75) is 65.6 Å². The fourth-order valence-corrected chi connectivity index (χ4v) is 3.64. The first-order valence-electron chi connectivity index (χ1n) is 11.4. The molecule has 4 amide bonds. The molecule has 3 N–H and O–H groups in total. The molecule has 0 aliphatic carbocycles. The van der Waals surface area contributed by atoms with Gasteiger partial charge in [-0.1, -0.05) is 51.1 Å². The maximum Gasteiger partial charge on any atom is 0.245 e. The largest absolute Gasteiger partial charge is 0.355 e. The average Bonchev–Trinajstić information content (AvgIpc) is 2.74. The van der Waals surface area contributed by atoms with E-state index in [4.69, 9.17) is 0 Å². The van der Waals surface area contributed by atoms with Gasteiger partial charge >= 0.3 is 0 Å². The predicted octanol–water partition coefficient (Wildman–Crippen LogP) is 1.60. The first-order valence-corrected chi connectivity index (χ1v) is 11.4. The third-order valence-electron chi connectivity index (χ3n) is 5.52. The normalized spacial score (nSPS) is 24.3. The number of rotatable bonds is 4. The standard InChI is InChI=1S/C24H36N4O4/c1-16(2)13-20-24(32)28(14-19-10-6-5-7-11-19)15-21(29)25-12-8-9-17(3)22(30)26-18(4)23(31)27-20/h5-7,10-11,16-18,20H,8-9,12-15H2,1-4H3,(H,25,29)(H,26,30)(H,27,31)/t17-,18-,20-/m0/s1. The molecule has 8 nitrogen and oxygen atoms in total. The average molecular weight is 445 g/mol. The lowest BCUT2D eigenvalue weighted by atomic mass is 10.0. The van der Waals surface area contributed by atoms with Crippen LogP contribution in [-0.2, 0) is 25.7 Å². The molecule has 32 heavy (non-hydrogen) atoms. The summed E-state index contributed by atoms with van der Waals surface area (Å²) >= 11 is 0. The lowest BCUT2D eigenvalue weighted by Crippen LogP contribution is -2.55. The molecule has 0 aromatic heterocycles. The number of amides is 4.